The smallest absolute Gasteiger partial charge is 0.191 e. The Balaban J connectivity index is 0.00000280. The van der Waals surface area contributed by atoms with Crippen LogP contribution in [0.3, 0.4) is 0 Å². The average molecular weight is 522 g/mol. The van der Waals surface area contributed by atoms with Gasteiger partial charge in [-0.2, -0.15) is 0 Å². The minimum Gasteiger partial charge on any atom is -0.373 e. The van der Waals surface area contributed by atoms with Crippen LogP contribution in [-0.2, 0) is 4.74 Å². The molecule has 0 aliphatic carbocycles. The van der Waals surface area contributed by atoms with Crippen LogP contribution in [0.2, 0.25) is 0 Å². The van der Waals surface area contributed by atoms with E-state index in [-0.39, 0.29) is 35.9 Å². The van der Waals surface area contributed by atoms with Crippen LogP contribution < -0.4 is 10.6 Å². The third-order valence-electron chi connectivity index (χ3n) is 4.95. The number of guanidine groups is 1. The van der Waals surface area contributed by atoms with Crippen molar-refractivity contribution in [1.29, 1.82) is 0 Å². The molecular weight excluding hydrogens is 490 g/mol. The number of morpholine rings is 1. The highest BCUT2D eigenvalue weighted by molar-refractivity contribution is 14.0. The fraction of sp³-hybridized carbons (Fsp3) is 0.650. The SMILES string of the molecule is CCNC(=NCC1CN2CCCC2CO1)NCCCSc1ccc(F)cc1.I. The number of ether oxygens (including phenoxy) is 1. The Morgan fingerprint density at radius 3 is 2.93 bits per heavy atom. The molecule has 0 amide bonds. The number of aliphatic imine (C=N–C) groups is 1. The maximum absolute atomic E-state index is 12.9. The lowest BCUT2D eigenvalue weighted by Crippen LogP contribution is -2.47. The monoisotopic (exact) mass is 522 g/mol. The van der Waals surface area contributed by atoms with Crippen LogP contribution in [0.5, 0.6) is 0 Å². The molecule has 5 nitrogen and oxygen atoms in total. The van der Waals surface area contributed by atoms with Gasteiger partial charge in [0, 0.05) is 30.6 Å². The molecule has 2 N–H and O–H groups in total. The number of thioether (sulfide) groups is 1. The second kappa shape index (κ2) is 12.9. The van der Waals surface area contributed by atoms with Gasteiger partial charge in [-0.25, -0.2) is 4.39 Å². The third-order valence-corrected chi connectivity index (χ3v) is 6.05. The fourth-order valence-corrected chi connectivity index (χ4v) is 4.38. The molecule has 2 aliphatic heterocycles. The highest BCUT2D eigenvalue weighted by Gasteiger charge is 2.31. The number of hydrogen-bond acceptors (Lipinski definition) is 4. The summed E-state index contributed by atoms with van der Waals surface area (Å²) in [7, 11) is 0. The van der Waals surface area contributed by atoms with Crippen LogP contribution in [0.25, 0.3) is 0 Å². The molecule has 1 aromatic carbocycles. The number of rotatable bonds is 8. The molecule has 2 saturated heterocycles. The minimum absolute atomic E-state index is 0. The molecule has 0 aromatic heterocycles. The molecule has 2 heterocycles. The highest BCUT2D eigenvalue weighted by Crippen LogP contribution is 2.22. The zero-order valence-corrected chi connectivity index (χ0v) is 19.7. The first-order chi connectivity index (χ1) is 13.2. The molecule has 1 aromatic rings. The number of nitrogens with one attached hydrogen (secondary N) is 2. The van der Waals surface area contributed by atoms with E-state index in [1.165, 1.54) is 31.5 Å². The van der Waals surface area contributed by atoms with E-state index < -0.39 is 0 Å². The van der Waals surface area contributed by atoms with Crippen LogP contribution in [0.1, 0.15) is 26.2 Å². The van der Waals surface area contributed by atoms with Gasteiger partial charge in [-0.3, -0.25) is 9.89 Å². The van der Waals surface area contributed by atoms with Crippen molar-refractivity contribution >= 4 is 41.7 Å². The number of halogens is 2. The summed E-state index contributed by atoms with van der Waals surface area (Å²) in [5.74, 6) is 1.66. The molecule has 2 fully saturated rings. The van der Waals surface area contributed by atoms with Crippen molar-refractivity contribution in [2.45, 2.75) is 43.2 Å². The van der Waals surface area contributed by atoms with Crippen LogP contribution in [-0.4, -0.2) is 68.1 Å². The summed E-state index contributed by atoms with van der Waals surface area (Å²) in [5.41, 5.74) is 0. The zero-order chi connectivity index (χ0) is 18.9. The summed E-state index contributed by atoms with van der Waals surface area (Å²) in [6.45, 7) is 7.54. The lowest BCUT2D eigenvalue weighted by atomic mass is 10.2. The van der Waals surface area contributed by atoms with Gasteiger partial charge in [0.1, 0.15) is 5.82 Å². The Bertz CT molecular complexity index is 604. The molecule has 8 heteroatoms. The fourth-order valence-electron chi connectivity index (χ4n) is 3.53. The quantitative estimate of drug-likeness (QED) is 0.180. The van der Waals surface area contributed by atoms with E-state index in [0.29, 0.717) is 12.6 Å². The first-order valence-corrected chi connectivity index (χ1v) is 11.0. The Morgan fingerprint density at radius 1 is 1.32 bits per heavy atom. The zero-order valence-electron chi connectivity index (χ0n) is 16.5. The molecule has 2 atom stereocenters. The van der Waals surface area contributed by atoms with Crippen LogP contribution in [0.4, 0.5) is 4.39 Å². The predicted molar refractivity (Wildman–Crippen MR) is 125 cm³/mol. The number of fused-ring (bicyclic) bond motifs is 1. The average Bonchev–Trinajstić information content (AvgIpc) is 3.15. The Hall–Kier alpha value is -0.580. The van der Waals surface area contributed by atoms with Gasteiger partial charge in [-0.1, -0.05) is 0 Å². The Kier molecular flexibility index (Phi) is 10.9. The highest BCUT2D eigenvalue weighted by atomic mass is 127. The van der Waals surface area contributed by atoms with E-state index in [1.54, 1.807) is 11.8 Å². The molecule has 158 valence electrons. The first-order valence-electron chi connectivity index (χ1n) is 10.0. The molecule has 2 unspecified atom stereocenters. The van der Waals surface area contributed by atoms with Crippen LogP contribution in [0.15, 0.2) is 34.2 Å². The Labute approximate surface area is 189 Å². The molecule has 28 heavy (non-hydrogen) atoms. The van der Waals surface area contributed by atoms with E-state index in [0.717, 1.165) is 49.3 Å². The van der Waals surface area contributed by atoms with Gasteiger partial charge in [0.25, 0.3) is 0 Å². The minimum atomic E-state index is -0.185. The normalized spacial score (nSPS) is 22.4. The summed E-state index contributed by atoms with van der Waals surface area (Å²) in [6, 6.07) is 7.31. The van der Waals surface area contributed by atoms with Crippen molar-refractivity contribution in [1.82, 2.24) is 15.5 Å². The van der Waals surface area contributed by atoms with E-state index in [4.69, 9.17) is 9.73 Å². The maximum Gasteiger partial charge on any atom is 0.191 e. The van der Waals surface area contributed by atoms with Gasteiger partial charge in [0.05, 0.1) is 19.3 Å². The van der Waals surface area contributed by atoms with Crippen molar-refractivity contribution in [2.75, 3.05) is 45.1 Å². The second-order valence-electron chi connectivity index (χ2n) is 7.05. The van der Waals surface area contributed by atoms with Gasteiger partial charge in [0.15, 0.2) is 5.96 Å². The van der Waals surface area contributed by atoms with Crippen molar-refractivity contribution in [3.05, 3.63) is 30.1 Å². The molecule has 0 radical (unpaired) electrons. The van der Waals surface area contributed by atoms with Crippen molar-refractivity contribution < 1.29 is 9.13 Å². The summed E-state index contributed by atoms with van der Waals surface area (Å²) in [4.78, 5) is 8.37. The lowest BCUT2D eigenvalue weighted by molar-refractivity contribution is -0.0432. The Morgan fingerprint density at radius 2 is 2.14 bits per heavy atom. The summed E-state index contributed by atoms with van der Waals surface area (Å²) in [5, 5.41) is 6.70. The summed E-state index contributed by atoms with van der Waals surface area (Å²) >= 11 is 1.75. The number of nitrogens with zero attached hydrogens (tertiary/aromatic N) is 2. The van der Waals surface area contributed by atoms with E-state index in [1.807, 2.05) is 12.1 Å². The predicted octanol–water partition coefficient (Wildman–Crippen LogP) is 3.34. The largest absolute Gasteiger partial charge is 0.373 e. The van der Waals surface area contributed by atoms with Gasteiger partial charge < -0.3 is 15.4 Å². The maximum atomic E-state index is 12.9. The topological polar surface area (TPSA) is 48.9 Å². The molecule has 0 spiro atoms. The molecule has 3 rings (SSSR count). The van der Waals surface area contributed by atoms with Crippen molar-refractivity contribution in [3.8, 4) is 0 Å². The first kappa shape index (κ1) is 23.7. The van der Waals surface area contributed by atoms with Crippen LogP contribution in [0, 0.1) is 5.82 Å². The number of benzene rings is 1. The van der Waals surface area contributed by atoms with Gasteiger partial charge in [-0.15, -0.1) is 35.7 Å². The summed E-state index contributed by atoms with van der Waals surface area (Å²) in [6.07, 6.45) is 3.78. The summed E-state index contributed by atoms with van der Waals surface area (Å²) < 4.78 is 18.9. The van der Waals surface area contributed by atoms with E-state index >= 15 is 0 Å². The van der Waals surface area contributed by atoms with Crippen molar-refractivity contribution in [3.63, 3.8) is 0 Å². The molecule has 0 saturated carbocycles. The van der Waals surface area contributed by atoms with Gasteiger partial charge >= 0.3 is 0 Å². The molecule has 2 aliphatic rings. The van der Waals surface area contributed by atoms with Crippen molar-refractivity contribution in [2.24, 2.45) is 4.99 Å². The third kappa shape index (κ3) is 7.68. The molecular formula is C20H32FIN4OS. The van der Waals surface area contributed by atoms with E-state index in [9.17, 15) is 4.39 Å². The van der Waals surface area contributed by atoms with E-state index in [2.05, 4.69) is 22.5 Å². The standard InChI is InChI=1S/C20H31FN4OS.HI/c1-2-22-20(23-10-4-12-27-19-8-6-16(21)7-9-19)24-13-18-14-25-11-3-5-17(25)15-26-18;/h6-9,17-18H,2-5,10-15H2,1H3,(H2,22,23,24);1H. The van der Waals surface area contributed by atoms with Crippen LogP contribution >= 0.6 is 35.7 Å². The van der Waals surface area contributed by atoms with Gasteiger partial charge in [0.2, 0.25) is 0 Å². The molecule has 0 bridgehead atoms. The van der Waals surface area contributed by atoms with Gasteiger partial charge in [-0.05, 0) is 62.7 Å². The lowest BCUT2D eigenvalue weighted by Gasteiger charge is -2.34. The number of hydrogen-bond donors (Lipinski definition) is 2. The second-order valence-corrected chi connectivity index (χ2v) is 8.22.